The molecule has 2 fully saturated rings. The highest BCUT2D eigenvalue weighted by atomic mass is 32.2. The summed E-state index contributed by atoms with van der Waals surface area (Å²) in [5, 5.41) is 1.01. The van der Waals surface area contributed by atoms with Gasteiger partial charge < -0.3 is 24.3 Å². The Bertz CT molecular complexity index is 1120. The van der Waals surface area contributed by atoms with Crippen molar-refractivity contribution in [2.75, 3.05) is 45.3 Å². The van der Waals surface area contributed by atoms with Crippen LogP contribution in [0.25, 0.3) is 10.9 Å². The van der Waals surface area contributed by atoms with Crippen LogP contribution < -0.4 is 20.1 Å². The lowest BCUT2D eigenvalue weighted by Crippen LogP contribution is -2.46. The van der Waals surface area contributed by atoms with Gasteiger partial charge in [-0.1, -0.05) is 0 Å². The number of anilines is 1. The molecule has 2 aliphatic heterocycles. The predicted molar refractivity (Wildman–Crippen MR) is 124 cm³/mol. The first-order valence-corrected chi connectivity index (χ1v) is 12.4. The zero-order chi connectivity index (χ0) is 23.6. The molecule has 180 valence electrons. The van der Waals surface area contributed by atoms with Gasteiger partial charge in [-0.3, -0.25) is 4.98 Å². The van der Waals surface area contributed by atoms with Gasteiger partial charge in [0.15, 0.2) is 11.5 Å². The average molecular weight is 479 g/mol. The lowest BCUT2D eigenvalue weighted by Gasteiger charge is -2.40. The summed E-state index contributed by atoms with van der Waals surface area (Å²) in [7, 11) is -0.900. The number of piperidine rings is 2. The van der Waals surface area contributed by atoms with Crippen LogP contribution in [-0.4, -0.2) is 64.2 Å². The summed E-state index contributed by atoms with van der Waals surface area (Å²) in [5.74, 6) is 1.93. The summed E-state index contributed by atoms with van der Waals surface area (Å²) in [5.41, 5.74) is 6.86. The van der Waals surface area contributed by atoms with E-state index in [0.29, 0.717) is 30.5 Å². The van der Waals surface area contributed by atoms with Crippen LogP contribution in [0.2, 0.25) is 0 Å². The number of hydrogen-bond acceptors (Lipinski definition) is 8. The van der Waals surface area contributed by atoms with E-state index in [-0.39, 0.29) is 5.92 Å². The number of nitrogens with zero attached hydrogens (tertiary/aromatic N) is 3. The second-order valence-electron chi connectivity index (χ2n) is 8.50. The Morgan fingerprint density at radius 1 is 1.06 bits per heavy atom. The summed E-state index contributed by atoms with van der Waals surface area (Å²) in [6.45, 7) is 2.42. The van der Waals surface area contributed by atoms with Crippen molar-refractivity contribution in [3.63, 3.8) is 0 Å². The van der Waals surface area contributed by atoms with Crippen LogP contribution in [0, 0.1) is 11.8 Å². The van der Waals surface area contributed by atoms with Crippen molar-refractivity contribution in [3.8, 4) is 11.5 Å². The highest BCUT2D eigenvalue weighted by molar-refractivity contribution is 7.84. The lowest BCUT2D eigenvalue weighted by molar-refractivity contribution is 0.162. The molecule has 1 amide bonds. The Hall–Kier alpha value is -2.79. The highest BCUT2D eigenvalue weighted by Crippen LogP contribution is 2.38. The summed E-state index contributed by atoms with van der Waals surface area (Å²) in [6, 6.07) is 5.87. The van der Waals surface area contributed by atoms with Gasteiger partial charge in [0.25, 0.3) is 0 Å². The molecule has 1 aromatic heterocycles. The monoisotopic (exact) mass is 478 g/mol. The third-order valence-electron chi connectivity index (χ3n) is 6.70. The molecule has 0 bridgehead atoms. The van der Waals surface area contributed by atoms with Crippen LogP contribution in [0.1, 0.15) is 25.7 Å². The fraction of sp³-hybridized carbons (Fsp3) is 0.545. The Morgan fingerprint density at radius 3 is 2.42 bits per heavy atom. The number of fused-ring (bicyclic) bond motifs is 1. The maximum absolute atomic E-state index is 12.3. The number of carbonyl (C=O) groups excluding carboxylic acids is 1. The number of amides is 1. The van der Waals surface area contributed by atoms with Crippen molar-refractivity contribution in [1.29, 1.82) is 0 Å². The molecule has 2 N–H and O–H groups in total. The number of hydrogen-bond donors (Lipinski definition) is 1. The third-order valence-corrected chi connectivity index (χ3v) is 8.03. The van der Waals surface area contributed by atoms with Crippen LogP contribution >= 0.6 is 0 Å². The molecule has 0 radical (unpaired) electrons. The van der Waals surface area contributed by atoms with Gasteiger partial charge in [0.05, 0.1) is 19.7 Å². The molecule has 0 aliphatic carbocycles. The van der Waals surface area contributed by atoms with Gasteiger partial charge in [-0.05, 0) is 49.7 Å². The molecule has 0 saturated carbocycles. The molecular weight excluding hydrogens is 448 g/mol. The first-order chi connectivity index (χ1) is 15.8. The molecule has 1 aromatic carbocycles. The van der Waals surface area contributed by atoms with Gasteiger partial charge in [-0.25, -0.2) is 4.79 Å². The van der Waals surface area contributed by atoms with Gasteiger partial charge >= 0.3 is 16.4 Å². The van der Waals surface area contributed by atoms with E-state index in [0.717, 1.165) is 55.4 Å². The highest BCUT2D eigenvalue weighted by Gasteiger charge is 2.36. The van der Waals surface area contributed by atoms with Crippen molar-refractivity contribution in [2.45, 2.75) is 25.7 Å². The molecule has 11 heteroatoms. The largest absolute Gasteiger partial charge is 0.493 e. The van der Waals surface area contributed by atoms with E-state index in [9.17, 15) is 13.2 Å². The number of ether oxygens (including phenoxy) is 2. The SMILES string of the molecule is COc1cc2nccc(N3CCC(C4CCCN(S(=O)(=O)OC(N)=O)C4)CC3)c2cc1OC. The molecule has 1 unspecified atom stereocenters. The number of methoxy groups -OCH3 is 2. The van der Waals surface area contributed by atoms with Crippen LogP contribution in [0.4, 0.5) is 10.5 Å². The molecule has 0 spiro atoms. The lowest BCUT2D eigenvalue weighted by atomic mass is 9.80. The molecule has 33 heavy (non-hydrogen) atoms. The zero-order valence-corrected chi connectivity index (χ0v) is 19.7. The number of carbonyl (C=O) groups is 1. The summed E-state index contributed by atoms with van der Waals surface area (Å²) >= 11 is 0. The zero-order valence-electron chi connectivity index (χ0n) is 18.9. The van der Waals surface area contributed by atoms with E-state index in [2.05, 4.69) is 14.1 Å². The summed E-state index contributed by atoms with van der Waals surface area (Å²) < 4.78 is 41.0. The summed E-state index contributed by atoms with van der Waals surface area (Å²) in [4.78, 5) is 17.8. The van der Waals surface area contributed by atoms with Crippen LogP contribution in [0.5, 0.6) is 11.5 Å². The molecule has 4 rings (SSSR count). The minimum Gasteiger partial charge on any atom is -0.493 e. The van der Waals surface area contributed by atoms with E-state index in [1.165, 1.54) is 4.31 Å². The first kappa shape index (κ1) is 23.4. The van der Waals surface area contributed by atoms with Crippen molar-refractivity contribution in [3.05, 3.63) is 24.4 Å². The van der Waals surface area contributed by atoms with Crippen LogP contribution in [-0.2, 0) is 14.5 Å². The van der Waals surface area contributed by atoms with E-state index < -0.39 is 16.4 Å². The number of primary amides is 1. The molecule has 10 nitrogen and oxygen atoms in total. The molecule has 2 aromatic rings. The topological polar surface area (TPSA) is 124 Å². The minimum absolute atomic E-state index is 0.227. The van der Waals surface area contributed by atoms with Gasteiger partial charge in [-0.2, -0.15) is 12.7 Å². The summed E-state index contributed by atoms with van der Waals surface area (Å²) in [6.07, 6.45) is 4.10. The number of pyridine rings is 1. The van der Waals surface area contributed by atoms with Crippen molar-refractivity contribution >= 4 is 33.0 Å². The van der Waals surface area contributed by atoms with Gasteiger partial charge in [0.1, 0.15) is 0 Å². The second kappa shape index (κ2) is 9.60. The van der Waals surface area contributed by atoms with E-state index in [1.807, 2.05) is 18.2 Å². The number of nitrogens with two attached hydrogens (primary N) is 1. The van der Waals surface area contributed by atoms with E-state index in [4.69, 9.17) is 15.2 Å². The number of aromatic nitrogens is 1. The van der Waals surface area contributed by atoms with E-state index >= 15 is 0 Å². The molecule has 3 heterocycles. The van der Waals surface area contributed by atoms with Crippen molar-refractivity contribution in [1.82, 2.24) is 9.29 Å². The Labute approximate surface area is 193 Å². The van der Waals surface area contributed by atoms with Gasteiger partial charge in [0, 0.05) is 49.5 Å². The van der Waals surface area contributed by atoms with E-state index in [1.54, 1.807) is 20.4 Å². The fourth-order valence-corrected chi connectivity index (χ4v) is 6.10. The molecular formula is C22H30N4O6S. The quantitative estimate of drug-likeness (QED) is 0.672. The maximum Gasteiger partial charge on any atom is 0.421 e. The number of rotatable bonds is 6. The fourth-order valence-electron chi connectivity index (χ4n) is 5.06. The van der Waals surface area contributed by atoms with Crippen LogP contribution in [0.3, 0.4) is 0 Å². The molecule has 2 aliphatic rings. The Balaban J connectivity index is 1.46. The Kier molecular flexibility index (Phi) is 6.80. The van der Waals surface area contributed by atoms with Gasteiger partial charge in [0.2, 0.25) is 0 Å². The maximum atomic E-state index is 12.3. The smallest absolute Gasteiger partial charge is 0.421 e. The first-order valence-electron chi connectivity index (χ1n) is 11.1. The van der Waals surface area contributed by atoms with Gasteiger partial charge in [-0.15, -0.1) is 0 Å². The predicted octanol–water partition coefficient (Wildman–Crippen LogP) is 2.52. The normalized spacial score (nSPS) is 20.5. The molecule has 1 atom stereocenters. The third kappa shape index (κ3) is 4.93. The minimum atomic E-state index is -4.13. The van der Waals surface area contributed by atoms with Crippen LogP contribution in [0.15, 0.2) is 24.4 Å². The van der Waals surface area contributed by atoms with Crippen molar-refractivity contribution in [2.24, 2.45) is 17.6 Å². The molecule has 2 saturated heterocycles. The standard InChI is InChI=1S/C22H30N4O6S/c1-30-20-12-17-18(13-21(20)31-2)24-8-5-19(17)25-10-6-15(7-11-25)16-4-3-9-26(14-16)33(28,29)32-22(23)27/h5,8,12-13,15-16H,3-4,6-7,9-11,14H2,1-2H3,(H2,23,27). The Morgan fingerprint density at radius 2 is 1.76 bits per heavy atom. The average Bonchev–Trinajstić information content (AvgIpc) is 2.82. The second-order valence-corrected chi connectivity index (χ2v) is 10.0. The van der Waals surface area contributed by atoms with Crippen molar-refractivity contribution < 1.29 is 26.9 Å². The number of benzene rings is 1.